The zero-order valence-electron chi connectivity index (χ0n) is 15.6. The van der Waals surface area contributed by atoms with Crippen LogP contribution >= 0.6 is 0 Å². The quantitative estimate of drug-likeness (QED) is 0.471. The summed E-state index contributed by atoms with van der Waals surface area (Å²) in [5.41, 5.74) is 3.84. The standard InChI is InChI=1S/C21H19N7O/c29-21(26-16-7-8-16)15-5-3-14(4-6-15)18-27-19(17-20(28-18)25-12-24-17)23-11-13-2-1-9-22-10-13/h1-6,9-10,12,16H,7-8,11H2,(H,26,29)(H2,23,24,25,27,28). The molecule has 8 nitrogen and oxygen atoms in total. The monoisotopic (exact) mass is 385 g/mol. The molecule has 0 bridgehead atoms. The number of pyridine rings is 1. The number of fused-ring (bicyclic) bond motifs is 1. The molecule has 0 spiro atoms. The van der Waals surface area contributed by atoms with Gasteiger partial charge >= 0.3 is 0 Å². The van der Waals surface area contributed by atoms with Crippen molar-refractivity contribution in [3.8, 4) is 11.4 Å². The second-order valence-electron chi connectivity index (χ2n) is 7.04. The topological polar surface area (TPSA) is 108 Å². The lowest BCUT2D eigenvalue weighted by molar-refractivity contribution is 0.0951. The van der Waals surface area contributed by atoms with Crippen molar-refractivity contribution < 1.29 is 4.79 Å². The number of aromatic amines is 1. The number of carbonyl (C=O) groups excluding carboxylic acids is 1. The number of carbonyl (C=O) groups is 1. The average Bonchev–Trinajstić information content (AvgIpc) is 3.45. The smallest absolute Gasteiger partial charge is 0.251 e. The molecule has 1 aliphatic carbocycles. The number of hydrogen-bond donors (Lipinski definition) is 3. The Labute approximate surface area is 166 Å². The van der Waals surface area contributed by atoms with E-state index in [0.29, 0.717) is 35.4 Å². The van der Waals surface area contributed by atoms with Crippen molar-refractivity contribution in [1.82, 2.24) is 30.2 Å². The molecule has 0 radical (unpaired) electrons. The molecule has 1 saturated carbocycles. The van der Waals surface area contributed by atoms with Crippen molar-refractivity contribution in [1.29, 1.82) is 0 Å². The molecule has 5 rings (SSSR count). The molecule has 1 fully saturated rings. The molecule has 29 heavy (non-hydrogen) atoms. The van der Waals surface area contributed by atoms with Gasteiger partial charge in [0.1, 0.15) is 5.52 Å². The fraction of sp³-hybridized carbons (Fsp3) is 0.190. The lowest BCUT2D eigenvalue weighted by atomic mass is 10.1. The SMILES string of the molecule is O=C(NC1CC1)c1ccc(-c2nc(NCc3cccnc3)c3[nH]cnc3n2)cc1. The van der Waals surface area contributed by atoms with Gasteiger partial charge in [0, 0.05) is 36.1 Å². The first-order valence-electron chi connectivity index (χ1n) is 9.51. The van der Waals surface area contributed by atoms with E-state index in [-0.39, 0.29) is 5.91 Å². The molecule has 1 aromatic carbocycles. The number of nitrogens with one attached hydrogen (secondary N) is 3. The third kappa shape index (κ3) is 3.77. The van der Waals surface area contributed by atoms with E-state index < -0.39 is 0 Å². The van der Waals surface area contributed by atoms with Gasteiger partial charge in [0.25, 0.3) is 5.91 Å². The van der Waals surface area contributed by atoms with E-state index in [1.807, 2.05) is 30.5 Å². The molecular weight excluding hydrogens is 366 g/mol. The van der Waals surface area contributed by atoms with Crippen molar-refractivity contribution in [2.24, 2.45) is 0 Å². The summed E-state index contributed by atoms with van der Waals surface area (Å²) in [6, 6.07) is 11.6. The first-order chi connectivity index (χ1) is 14.3. The summed E-state index contributed by atoms with van der Waals surface area (Å²) < 4.78 is 0. The number of amides is 1. The van der Waals surface area contributed by atoms with Gasteiger partial charge in [-0.1, -0.05) is 18.2 Å². The van der Waals surface area contributed by atoms with E-state index in [4.69, 9.17) is 0 Å². The van der Waals surface area contributed by atoms with Crippen LogP contribution in [0.3, 0.4) is 0 Å². The first kappa shape index (κ1) is 17.3. The Kier molecular flexibility index (Phi) is 4.36. The molecule has 3 aromatic heterocycles. The van der Waals surface area contributed by atoms with Crippen molar-refractivity contribution in [2.45, 2.75) is 25.4 Å². The van der Waals surface area contributed by atoms with Gasteiger partial charge in [-0.3, -0.25) is 9.78 Å². The van der Waals surface area contributed by atoms with Gasteiger partial charge in [-0.2, -0.15) is 0 Å². The van der Waals surface area contributed by atoms with E-state index >= 15 is 0 Å². The Hall–Kier alpha value is -3.81. The Morgan fingerprint density at radius 2 is 2.00 bits per heavy atom. The summed E-state index contributed by atoms with van der Waals surface area (Å²) in [7, 11) is 0. The van der Waals surface area contributed by atoms with Crippen LogP contribution in [0.1, 0.15) is 28.8 Å². The average molecular weight is 385 g/mol. The minimum atomic E-state index is -0.0402. The van der Waals surface area contributed by atoms with Crippen LogP contribution in [0, 0.1) is 0 Å². The molecule has 0 unspecified atom stereocenters. The third-order valence-electron chi connectivity index (χ3n) is 4.79. The Morgan fingerprint density at radius 1 is 1.14 bits per heavy atom. The second-order valence-corrected chi connectivity index (χ2v) is 7.04. The van der Waals surface area contributed by atoms with Crippen LogP contribution in [0.25, 0.3) is 22.6 Å². The van der Waals surface area contributed by atoms with Crippen LogP contribution in [0.4, 0.5) is 5.82 Å². The molecule has 144 valence electrons. The number of imidazole rings is 1. The van der Waals surface area contributed by atoms with Crippen LogP contribution < -0.4 is 10.6 Å². The highest BCUT2D eigenvalue weighted by atomic mass is 16.1. The summed E-state index contributed by atoms with van der Waals surface area (Å²) in [4.78, 5) is 32.9. The summed E-state index contributed by atoms with van der Waals surface area (Å²) in [6.07, 6.45) is 7.29. The molecular formula is C21H19N7O. The molecule has 3 heterocycles. The summed E-state index contributed by atoms with van der Waals surface area (Å²) in [6.45, 7) is 0.582. The molecule has 0 saturated heterocycles. The highest BCUT2D eigenvalue weighted by Crippen LogP contribution is 2.24. The summed E-state index contributed by atoms with van der Waals surface area (Å²) in [5.74, 6) is 1.18. The maximum atomic E-state index is 12.2. The van der Waals surface area contributed by atoms with E-state index in [9.17, 15) is 4.79 Å². The Balaban J connectivity index is 1.41. The van der Waals surface area contributed by atoms with E-state index in [2.05, 4.69) is 35.6 Å². The van der Waals surface area contributed by atoms with Gasteiger partial charge in [0.05, 0.1) is 6.33 Å². The lowest BCUT2D eigenvalue weighted by Gasteiger charge is -2.09. The molecule has 0 atom stereocenters. The normalized spacial score (nSPS) is 13.4. The largest absolute Gasteiger partial charge is 0.364 e. The van der Waals surface area contributed by atoms with Gasteiger partial charge in [-0.15, -0.1) is 0 Å². The van der Waals surface area contributed by atoms with E-state index in [1.54, 1.807) is 24.7 Å². The van der Waals surface area contributed by atoms with Crippen molar-refractivity contribution >= 4 is 22.9 Å². The van der Waals surface area contributed by atoms with Crippen molar-refractivity contribution in [3.05, 3.63) is 66.2 Å². The van der Waals surface area contributed by atoms with Gasteiger partial charge < -0.3 is 15.6 Å². The Morgan fingerprint density at radius 3 is 2.76 bits per heavy atom. The third-order valence-corrected chi connectivity index (χ3v) is 4.79. The van der Waals surface area contributed by atoms with Crippen molar-refractivity contribution in [3.63, 3.8) is 0 Å². The number of benzene rings is 1. The molecule has 8 heteroatoms. The Bertz CT molecular complexity index is 1150. The summed E-state index contributed by atoms with van der Waals surface area (Å²) in [5, 5.41) is 6.32. The minimum Gasteiger partial charge on any atom is -0.364 e. The predicted molar refractivity (Wildman–Crippen MR) is 109 cm³/mol. The van der Waals surface area contributed by atoms with Crippen LogP contribution in [-0.4, -0.2) is 36.9 Å². The predicted octanol–water partition coefficient (Wildman–Crippen LogP) is 2.92. The number of hydrogen-bond acceptors (Lipinski definition) is 6. The zero-order chi connectivity index (χ0) is 19.6. The highest BCUT2D eigenvalue weighted by molar-refractivity contribution is 5.95. The molecule has 3 N–H and O–H groups in total. The van der Waals surface area contributed by atoms with Crippen LogP contribution in [0.2, 0.25) is 0 Å². The maximum Gasteiger partial charge on any atom is 0.251 e. The first-order valence-corrected chi connectivity index (χ1v) is 9.51. The number of rotatable bonds is 6. The zero-order valence-corrected chi connectivity index (χ0v) is 15.6. The number of nitrogens with zero attached hydrogens (tertiary/aromatic N) is 4. The van der Waals surface area contributed by atoms with E-state index in [0.717, 1.165) is 29.5 Å². The molecule has 1 aliphatic rings. The fourth-order valence-electron chi connectivity index (χ4n) is 3.05. The number of aromatic nitrogens is 5. The van der Waals surface area contributed by atoms with Crippen LogP contribution in [-0.2, 0) is 6.54 Å². The number of H-pyrrole nitrogens is 1. The molecule has 1 amide bonds. The van der Waals surface area contributed by atoms with Crippen LogP contribution in [0.5, 0.6) is 0 Å². The second kappa shape index (κ2) is 7.31. The number of anilines is 1. The van der Waals surface area contributed by atoms with Gasteiger partial charge in [-0.25, -0.2) is 15.0 Å². The van der Waals surface area contributed by atoms with E-state index in [1.165, 1.54) is 0 Å². The maximum absolute atomic E-state index is 12.2. The fourth-order valence-corrected chi connectivity index (χ4v) is 3.05. The molecule has 0 aliphatic heterocycles. The van der Waals surface area contributed by atoms with Crippen LogP contribution in [0.15, 0.2) is 55.1 Å². The molecule has 4 aromatic rings. The lowest BCUT2D eigenvalue weighted by Crippen LogP contribution is -2.25. The van der Waals surface area contributed by atoms with Crippen molar-refractivity contribution in [2.75, 3.05) is 5.32 Å². The highest BCUT2D eigenvalue weighted by Gasteiger charge is 2.23. The minimum absolute atomic E-state index is 0.0402. The van der Waals surface area contributed by atoms with Gasteiger partial charge in [-0.05, 0) is 36.6 Å². The summed E-state index contributed by atoms with van der Waals surface area (Å²) >= 11 is 0. The van der Waals surface area contributed by atoms with Gasteiger partial charge in [0.15, 0.2) is 17.3 Å². The van der Waals surface area contributed by atoms with Gasteiger partial charge in [0.2, 0.25) is 0 Å².